The maximum Gasteiger partial charge on any atom is 0.352 e. The minimum absolute atomic E-state index is 0.0419. The fourth-order valence-electron chi connectivity index (χ4n) is 4.58. The highest BCUT2D eigenvalue weighted by atomic mass is 19.1. The van der Waals surface area contributed by atoms with Gasteiger partial charge in [0.25, 0.3) is 0 Å². The molecule has 0 bridgehead atoms. The van der Waals surface area contributed by atoms with Gasteiger partial charge in [-0.3, -0.25) is 9.48 Å². The lowest BCUT2D eigenvalue weighted by Gasteiger charge is -2.28. The average molecular weight is 474 g/mol. The van der Waals surface area contributed by atoms with Gasteiger partial charge in [0.2, 0.25) is 5.91 Å². The van der Waals surface area contributed by atoms with Crippen LogP contribution in [0.5, 0.6) is 0 Å². The van der Waals surface area contributed by atoms with Crippen molar-refractivity contribution in [1.82, 2.24) is 24.9 Å². The molecule has 5 rings (SSSR count). The van der Waals surface area contributed by atoms with E-state index in [-0.39, 0.29) is 30.1 Å². The Labute approximate surface area is 200 Å². The lowest BCUT2D eigenvalue weighted by molar-refractivity contribution is -0.131. The molecule has 2 aromatic carbocycles. The Morgan fingerprint density at radius 2 is 2.00 bits per heavy atom. The van der Waals surface area contributed by atoms with Crippen LogP contribution in [0.2, 0.25) is 0 Å². The SMILES string of the molecule is Cc1ccccc1-c1cc(C2=CCCN(C(=O)CCn3ccnn3)C2)c(F)c2[nH]c(C(=O)O)cc12. The van der Waals surface area contributed by atoms with Gasteiger partial charge < -0.3 is 15.0 Å². The second-order valence-electron chi connectivity index (χ2n) is 8.63. The number of benzene rings is 2. The summed E-state index contributed by atoms with van der Waals surface area (Å²) in [5, 5.41) is 17.7. The van der Waals surface area contributed by atoms with E-state index < -0.39 is 11.8 Å². The molecule has 35 heavy (non-hydrogen) atoms. The lowest BCUT2D eigenvalue weighted by atomic mass is 9.91. The average Bonchev–Trinajstić information content (AvgIpc) is 3.54. The molecule has 4 aromatic rings. The van der Waals surface area contributed by atoms with Gasteiger partial charge in [-0.05, 0) is 47.7 Å². The number of nitrogens with zero attached hydrogens (tertiary/aromatic N) is 4. The fraction of sp³-hybridized carbons (Fsp3) is 0.231. The van der Waals surface area contributed by atoms with E-state index in [9.17, 15) is 14.7 Å². The summed E-state index contributed by atoms with van der Waals surface area (Å²) in [7, 11) is 0. The number of rotatable bonds is 6. The Bertz CT molecular complexity index is 1460. The molecule has 0 unspecified atom stereocenters. The highest BCUT2D eigenvalue weighted by molar-refractivity contribution is 6.03. The van der Waals surface area contributed by atoms with Crippen LogP contribution in [0, 0.1) is 12.7 Å². The number of nitrogens with one attached hydrogen (secondary N) is 1. The monoisotopic (exact) mass is 473 g/mol. The zero-order valence-electron chi connectivity index (χ0n) is 19.2. The first-order valence-electron chi connectivity index (χ1n) is 11.4. The second-order valence-corrected chi connectivity index (χ2v) is 8.63. The number of carboxylic acid groups (broad SMARTS) is 1. The van der Waals surface area contributed by atoms with Crippen LogP contribution in [0.3, 0.4) is 0 Å². The number of hydrogen-bond donors (Lipinski definition) is 2. The third-order valence-electron chi connectivity index (χ3n) is 6.39. The Hall–Kier alpha value is -4.27. The summed E-state index contributed by atoms with van der Waals surface area (Å²) >= 11 is 0. The van der Waals surface area contributed by atoms with E-state index in [1.165, 1.54) is 6.07 Å². The van der Waals surface area contributed by atoms with Gasteiger partial charge in [-0.1, -0.05) is 35.6 Å². The topological polar surface area (TPSA) is 104 Å². The number of aromatic amines is 1. The molecule has 1 amide bonds. The van der Waals surface area contributed by atoms with Crippen molar-refractivity contribution in [1.29, 1.82) is 0 Å². The van der Waals surface area contributed by atoms with Crippen molar-refractivity contribution in [2.45, 2.75) is 26.3 Å². The number of aromatic nitrogens is 4. The number of aromatic carboxylic acids is 1. The minimum atomic E-state index is -1.15. The van der Waals surface area contributed by atoms with Crippen molar-refractivity contribution in [2.75, 3.05) is 13.1 Å². The van der Waals surface area contributed by atoms with Crippen LogP contribution < -0.4 is 0 Å². The summed E-state index contributed by atoms with van der Waals surface area (Å²) < 4.78 is 17.4. The van der Waals surface area contributed by atoms with Gasteiger partial charge in [0.15, 0.2) is 5.82 Å². The summed E-state index contributed by atoms with van der Waals surface area (Å²) in [5.41, 5.74) is 3.77. The number of carbonyl (C=O) groups is 2. The van der Waals surface area contributed by atoms with Gasteiger partial charge in [0, 0.05) is 36.7 Å². The van der Waals surface area contributed by atoms with E-state index >= 15 is 4.39 Å². The summed E-state index contributed by atoms with van der Waals surface area (Å²) in [6.45, 7) is 3.22. The van der Waals surface area contributed by atoms with Crippen molar-refractivity contribution < 1.29 is 19.1 Å². The molecule has 2 aromatic heterocycles. The molecule has 0 aliphatic carbocycles. The Morgan fingerprint density at radius 1 is 1.17 bits per heavy atom. The van der Waals surface area contributed by atoms with Crippen LogP contribution in [-0.2, 0) is 11.3 Å². The highest BCUT2D eigenvalue weighted by Crippen LogP contribution is 2.37. The molecule has 1 aliphatic rings. The van der Waals surface area contributed by atoms with Crippen molar-refractivity contribution in [3.8, 4) is 11.1 Å². The summed E-state index contributed by atoms with van der Waals surface area (Å²) in [4.78, 5) is 28.9. The second kappa shape index (κ2) is 9.17. The number of halogens is 1. The number of carboxylic acids is 1. The van der Waals surface area contributed by atoms with Crippen LogP contribution in [0.4, 0.5) is 4.39 Å². The zero-order valence-corrected chi connectivity index (χ0v) is 19.2. The van der Waals surface area contributed by atoms with Crippen LogP contribution in [0.1, 0.15) is 34.5 Å². The van der Waals surface area contributed by atoms with Gasteiger partial charge >= 0.3 is 5.97 Å². The smallest absolute Gasteiger partial charge is 0.352 e. The molecule has 0 spiro atoms. The van der Waals surface area contributed by atoms with E-state index in [1.807, 2.05) is 37.3 Å². The van der Waals surface area contributed by atoms with Crippen molar-refractivity contribution in [2.24, 2.45) is 0 Å². The number of carbonyl (C=O) groups excluding carboxylic acids is 1. The fourth-order valence-corrected chi connectivity index (χ4v) is 4.58. The molecule has 8 nitrogen and oxygen atoms in total. The molecular weight excluding hydrogens is 449 g/mol. The summed E-state index contributed by atoms with van der Waals surface area (Å²) in [6.07, 6.45) is 6.09. The zero-order chi connectivity index (χ0) is 24.5. The molecule has 9 heteroatoms. The normalized spacial score (nSPS) is 13.8. The van der Waals surface area contributed by atoms with E-state index in [0.29, 0.717) is 36.0 Å². The first-order chi connectivity index (χ1) is 16.9. The quantitative estimate of drug-likeness (QED) is 0.435. The molecule has 0 fully saturated rings. The van der Waals surface area contributed by atoms with Crippen LogP contribution in [-0.4, -0.2) is 55.0 Å². The summed E-state index contributed by atoms with van der Waals surface area (Å²) in [5.74, 6) is -1.72. The van der Waals surface area contributed by atoms with Gasteiger partial charge in [-0.15, -0.1) is 5.10 Å². The highest BCUT2D eigenvalue weighted by Gasteiger charge is 2.24. The standard InChI is InChI=1S/C26H24FN5O3/c1-16-5-2-3-7-18(16)20-13-19(24(27)25-21(20)14-22(29-25)26(34)35)17-6-4-10-31(15-17)23(33)8-11-32-12-9-28-30-32/h2-3,5-7,9,12-14,29H,4,8,10-11,15H2,1H3,(H,34,35). The maximum atomic E-state index is 15.8. The Balaban J connectivity index is 1.52. The number of amides is 1. The van der Waals surface area contributed by atoms with Gasteiger partial charge in [-0.25, -0.2) is 9.18 Å². The number of aryl methyl sites for hydroxylation is 2. The molecule has 0 saturated heterocycles. The molecule has 0 saturated carbocycles. The van der Waals surface area contributed by atoms with Crippen molar-refractivity contribution in [3.63, 3.8) is 0 Å². The number of hydrogen-bond acceptors (Lipinski definition) is 4. The Morgan fingerprint density at radius 3 is 2.74 bits per heavy atom. The van der Waals surface area contributed by atoms with Gasteiger partial charge in [-0.2, -0.15) is 0 Å². The van der Waals surface area contributed by atoms with Crippen molar-refractivity contribution in [3.05, 3.63) is 77.5 Å². The Kier molecular flexibility index (Phi) is 5.90. The predicted octanol–water partition coefficient (Wildman–Crippen LogP) is 4.28. The number of H-pyrrole nitrogens is 1. The predicted molar refractivity (Wildman–Crippen MR) is 129 cm³/mol. The third kappa shape index (κ3) is 4.32. The molecule has 1 aliphatic heterocycles. The molecule has 0 atom stereocenters. The first-order valence-corrected chi connectivity index (χ1v) is 11.4. The first kappa shape index (κ1) is 22.5. The molecular formula is C26H24FN5O3. The van der Waals surface area contributed by atoms with Gasteiger partial charge in [0.1, 0.15) is 5.69 Å². The van der Waals surface area contributed by atoms with E-state index in [0.717, 1.165) is 16.7 Å². The lowest BCUT2D eigenvalue weighted by Crippen LogP contribution is -2.36. The summed E-state index contributed by atoms with van der Waals surface area (Å²) in [6, 6.07) is 11.0. The molecule has 2 N–H and O–H groups in total. The van der Waals surface area contributed by atoms with Crippen LogP contribution in [0.15, 0.2) is 54.9 Å². The molecule has 3 heterocycles. The van der Waals surface area contributed by atoms with Crippen LogP contribution >= 0.6 is 0 Å². The largest absolute Gasteiger partial charge is 0.477 e. The maximum absolute atomic E-state index is 15.8. The van der Waals surface area contributed by atoms with E-state index in [1.54, 1.807) is 28.0 Å². The van der Waals surface area contributed by atoms with Crippen LogP contribution in [0.25, 0.3) is 27.6 Å². The molecule has 178 valence electrons. The third-order valence-corrected chi connectivity index (χ3v) is 6.39. The van der Waals surface area contributed by atoms with Gasteiger partial charge in [0.05, 0.1) is 18.3 Å². The van der Waals surface area contributed by atoms with Crippen molar-refractivity contribution >= 4 is 28.4 Å². The minimum Gasteiger partial charge on any atom is -0.477 e. The van der Waals surface area contributed by atoms with E-state index in [4.69, 9.17) is 0 Å². The van der Waals surface area contributed by atoms with E-state index in [2.05, 4.69) is 15.3 Å². The molecule has 0 radical (unpaired) electrons. The number of fused-ring (bicyclic) bond motifs is 1.